The fourth-order valence-corrected chi connectivity index (χ4v) is 1.51. The molecule has 5 nitrogen and oxygen atoms in total. The van der Waals surface area contributed by atoms with Crippen molar-refractivity contribution in [1.82, 2.24) is 14.9 Å². The van der Waals surface area contributed by atoms with Crippen LogP contribution in [-0.2, 0) is 16.1 Å². The highest BCUT2D eigenvalue weighted by Gasteiger charge is 1.99. The quantitative estimate of drug-likeness (QED) is 0.520. The van der Waals surface area contributed by atoms with E-state index in [0.29, 0.717) is 19.6 Å². The lowest BCUT2D eigenvalue weighted by Gasteiger charge is -2.05. The maximum absolute atomic E-state index is 11.0. The molecule has 0 spiro atoms. The number of aromatic nitrogens is 2. The molecule has 0 saturated carbocycles. The van der Waals surface area contributed by atoms with Crippen molar-refractivity contribution in [3.63, 3.8) is 0 Å². The minimum absolute atomic E-state index is 0.126. The summed E-state index contributed by atoms with van der Waals surface area (Å²) in [6.07, 6.45) is 8.25. The number of unbranched alkanes of at least 4 members (excludes halogenated alkanes) is 1. The van der Waals surface area contributed by atoms with E-state index in [4.69, 9.17) is 4.74 Å². The van der Waals surface area contributed by atoms with Gasteiger partial charge in [-0.2, -0.15) is 0 Å². The molecule has 0 unspecified atom stereocenters. The van der Waals surface area contributed by atoms with E-state index in [0.717, 1.165) is 25.9 Å². The van der Waals surface area contributed by atoms with Gasteiger partial charge in [0.1, 0.15) is 0 Å². The third kappa shape index (κ3) is 6.73. The van der Waals surface area contributed by atoms with Gasteiger partial charge in [-0.25, -0.2) is 4.98 Å². The summed E-state index contributed by atoms with van der Waals surface area (Å²) in [5.74, 6) is -0.126. The summed E-state index contributed by atoms with van der Waals surface area (Å²) in [4.78, 5) is 15.0. The van der Waals surface area contributed by atoms with Crippen LogP contribution >= 0.6 is 0 Å². The second-order valence-corrected chi connectivity index (χ2v) is 3.81. The molecule has 0 atom stereocenters. The molecule has 1 rings (SSSR count). The Morgan fingerprint density at radius 1 is 1.41 bits per heavy atom. The lowest BCUT2D eigenvalue weighted by Crippen LogP contribution is -2.20. The lowest BCUT2D eigenvalue weighted by molar-refractivity contribution is -0.142. The first-order chi connectivity index (χ1) is 8.33. The highest BCUT2D eigenvalue weighted by molar-refractivity contribution is 5.69. The first-order valence-corrected chi connectivity index (χ1v) is 6.15. The van der Waals surface area contributed by atoms with Gasteiger partial charge in [0.15, 0.2) is 0 Å². The van der Waals surface area contributed by atoms with Gasteiger partial charge < -0.3 is 14.6 Å². The number of nitrogens with zero attached hydrogens (tertiary/aromatic N) is 2. The van der Waals surface area contributed by atoms with Gasteiger partial charge in [-0.05, 0) is 26.3 Å². The number of esters is 1. The average molecular weight is 239 g/mol. The van der Waals surface area contributed by atoms with Gasteiger partial charge in [0.25, 0.3) is 0 Å². The number of carbonyl (C=O) groups excluding carboxylic acids is 1. The van der Waals surface area contributed by atoms with Crippen LogP contribution in [-0.4, -0.2) is 35.2 Å². The summed E-state index contributed by atoms with van der Waals surface area (Å²) in [6, 6.07) is 0. The summed E-state index contributed by atoms with van der Waals surface area (Å²) in [6.45, 7) is 4.92. The zero-order valence-electron chi connectivity index (χ0n) is 10.4. The number of ether oxygens (including phenoxy) is 1. The Hall–Kier alpha value is -1.36. The van der Waals surface area contributed by atoms with E-state index in [1.807, 2.05) is 19.4 Å². The maximum atomic E-state index is 11.0. The van der Waals surface area contributed by atoms with Crippen molar-refractivity contribution in [2.75, 3.05) is 19.7 Å². The van der Waals surface area contributed by atoms with E-state index >= 15 is 0 Å². The number of imidazole rings is 1. The fourth-order valence-electron chi connectivity index (χ4n) is 1.51. The zero-order chi connectivity index (χ0) is 12.3. The maximum Gasteiger partial charge on any atom is 0.307 e. The van der Waals surface area contributed by atoms with Crippen LogP contribution in [0.4, 0.5) is 0 Å². The van der Waals surface area contributed by atoms with E-state index in [1.54, 1.807) is 6.20 Å². The van der Waals surface area contributed by atoms with Crippen molar-refractivity contribution in [3.05, 3.63) is 18.7 Å². The fraction of sp³-hybridized carbons (Fsp3) is 0.667. The molecule has 1 aromatic rings. The van der Waals surface area contributed by atoms with Gasteiger partial charge in [-0.3, -0.25) is 4.79 Å². The molecule has 0 aliphatic rings. The Balaban J connectivity index is 1.86. The summed E-state index contributed by atoms with van der Waals surface area (Å²) in [7, 11) is 0. The number of hydrogen-bond acceptors (Lipinski definition) is 4. The Morgan fingerprint density at radius 2 is 2.29 bits per heavy atom. The minimum atomic E-state index is -0.126. The highest BCUT2D eigenvalue weighted by Crippen LogP contribution is 1.94. The van der Waals surface area contributed by atoms with Gasteiger partial charge >= 0.3 is 5.97 Å². The predicted octanol–water partition coefficient (Wildman–Crippen LogP) is 1.21. The molecule has 1 heterocycles. The summed E-state index contributed by atoms with van der Waals surface area (Å²) >= 11 is 0. The molecule has 0 amide bonds. The molecule has 0 fully saturated rings. The van der Waals surface area contributed by atoms with Crippen LogP contribution in [0.15, 0.2) is 18.7 Å². The van der Waals surface area contributed by atoms with E-state index in [2.05, 4.69) is 14.9 Å². The summed E-state index contributed by atoms with van der Waals surface area (Å²) in [5.41, 5.74) is 0. The second kappa shape index (κ2) is 8.75. The SMILES string of the molecule is CCOC(=O)CCNCCCCn1ccnc1. The Kier molecular flexibility index (Phi) is 7.06. The predicted molar refractivity (Wildman–Crippen MR) is 65.6 cm³/mol. The third-order valence-electron chi connectivity index (χ3n) is 2.39. The molecule has 96 valence electrons. The first kappa shape index (κ1) is 13.7. The Bertz CT molecular complexity index is 299. The third-order valence-corrected chi connectivity index (χ3v) is 2.39. The molecule has 0 saturated heterocycles. The van der Waals surface area contributed by atoms with Crippen LogP contribution in [0.1, 0.15) is 26.2 Å². The van der Waals surface area contributed by atoms with Crippen LogP contribution < -0.4 is 5.32 Å². The Labute approximate surface area is 102 Å². The van der Waals surface area contributed by atoms with Crippen molar-refractivity contribution >= 4 is 5.97 Å². The molecule has 0 aromatic carbocycles. The summed E-state index contributed by atoms with van der Waals surface area (Å²) < 4.78 is 6.90. The molecule has 0 aliphatic carbocycles. The van der Waals surface area contributed by atoms with Gasteiger partial charge in [-0.15, -0.1) is 0 Å². The minimum Gasteiger partial charge on any atom is -0.466 e. The van der Waals surface area contributed by atoms with Crippen molar-refractivity contribution in [1.29, 1.82) is 0 Å². The van der Waals surface area contributed by atoms with Crippen molar-refractivity contribution in [2.24, 2.45) is 0 Å². The van der Waals surface area contributed by atoms with Gasteiger partial charge in [-0.1, -0.05) is 0 Å². The molecule has 17 heavy (non-hydrogen) atoms. The van der Waals surface area contributed by atoms with E-state index in [1.165, 1.54) is 0 Å². The molecule has 5 heteroatoms. The van der Waals surface area contributed by atoms with Gasteiger partial charge in [0.05, 0.1) is 19.4 Å². The van der Waals surface area contributed by atoms with Gasteiger partial charge in [0, 0.05) is 25.5 Å². The van der Waals surface area contributed by atoms with Gasteiger partial charge in [0.2, 0.25) is 0 Å². The van der Waals surface area contributed by atoms with E-state index < -0.39 is 0 Å². The van der Waals surface area contributed by atoms with Crippen LogP contribution in [0.3, 0.4) is 0 Å². The monoisotopic (exact) mass is 239 g/mol. The molecule has 0 aliphatic heterocycles. The summed E-state index contributed by atoms with van der Waals surface area (Å²) in [5, 5.41) is 3.23. The smallest absolute Gasteiger partial charge is 0.307 e. The molecule has 1 N–H and O–H groups in total. The average Bonchev–Trinajstić information content (AvgIpc) is 2.81. The van der Waals surface area contributed by atoms with Crippen LogP contribution in [0.25, 0.3) is 0 Å². The zero-order valence-corrected chi connectivity index (χ0v) is 10.4. The normalized spacial score (nSPS) is 10.4. The Morgan fingerprint density at radius 3 is 3.00 bits per heavy atom. The van der Waals surface area contributed by atoms with E-state index in [-0.39, 0.29) is 5.97 Å². The highest BCUT2D eigenvalue weighted by atomic mass is 16.5. The molecular weight excluding hydrogens is 218 g/mol. The first-order valence-electron chi connectivity index (χ1n) is 6.15. The van der Waals surface area contributed by atoms with Crippen LogP contribution in [0.5, 0.6) is 0 Å². The number of rotatable bonds is 9. The van der Waals surface area contributed by atoms with E-state index in [9.17, 15) is 4.79 Å². The lowest BCUT2D eigenvalue weighted by atomic mass is 10.3. The topological polar surface area (TPSA) is 56.1 Å². The van der Waals surface area contributed by atoms with Crippen LogP contribution in [0.2, 0.25) is 0 Å². The number of aryl methyl sites for hydroxylation is 1. The molecule has 0 radical (unpaired) electrons. The molecule has 1 aromatic heterocycles. The number of hydrogen-bond donors (Lipinski definition) is 1. The van der Waals surface area contributed by atoms with Crippen molar-refractivity contribution in [3.8, 4) is 0 Å². The van der Waals surface area contributed by atoms with Crippen molar-refractivity contribution < 1.29 is 9.53 Å². The molecular formula is C12H21N3O2. The van der Waals surface area contributed by atoms with Crippen molar-refractivity contribution in [2.45, 2.75) is 32.7 Å². The number of carbonyl (C=O) groups is 1. The largest absolute Gasteiger partial charge is 0.466 e. The second-order valence-electron chi connectivity index (χ2n) is 3.81. The number of nitrogens with one attached hydrogen (secondary N) is 1. The molecule has 0 bridgehead atoms. The van der Waals surface area contributed by atoms with Crippen LogP contribution in [0, 0.1) is 0 Å². The standard InChI is InChI=1S/C12H21N3O2/c1-2-17-12(16)5-7-13-6-3-4-9-15-10-8-14-11-15/h8,10-11,13H,2-7,9H2,1H3.